The Balaban J connectivity index is 1.73. The molecule has 8 nitrogen and oxygen atoms in total. The topological polar surface area (TPSA) is 86.9 Å². The van der Waals surface area contributed by atoms with Gasteiger partial charge in [-0.25, -0.2) is 0 Å². The molecule has 0 spiro atoms. The summed E-state index contributed by atoms with van der Waals surface area (Å²) in [5.41, 5.74) is 2.74. The van der Waals surface area contributed by atoms with Crippen molar-refractivity contribution in [3.05, 3.63) is 28.8 Å². The molecule has 1 fully saturated rings. The van der Waals surface area contributed by atoms with E-state index in [2.05, 4.69) is 25.3 Å². The average Bonchev–Trinajstić information content (AvgIpc) is 3.18. The summed E-state index contributed by atoms with van der Waals surface area (Å²) in [6, 6.07) is 2.25. The Morgan fingerprint density at radius 3 is 2.95 bits per heavy atom. The Hall–Kier alpha value is -2.22. The van der Waals surface area contributed by atoms with E-state index in [4.69, 9.17) is 4.74 Å². The van der Waals surface area contributed by atoms with Crippen LogP contribution in [0.3, 0.4) is 0 Å². The average molecular weight is 304 g/mol. The zero-order valence-corrected chi connectivity index (χ0v) is 13.0. The van der Waals surface area contributed by atoms with Crippen LogP contribution in [0.2, 0.25) is 0 Å². The molecule has 1 atom stereocenters. The Morgan fingerprint density at radius 1 is 1.50 bits per heavy atom. The lowest BCUT2D eigenvalue weighted by Gasteiger charge is -2.16. The molecule has 118 valence electrons. The summed E-state index contributed by atoms with van der Waals surface area (Å²) in [4.78, 5) is 13.8. The molecule has 1 unspecified atom stereocenters. The van der Waals surface area contributed by atoms with Gasteiger partial charge in [-0.2, -0.15) is 4.80 Å². The molecule has 0 radical (unpaired) electrons. The van der Waals surface area contributed by atoms with Crippen LogP contribution in [0.5, 0.6) is 0 Å². The minimum absolute atomic E-state index is 0.120. The van der Waals surface area contributed by atoms with Gasteiger partial charge in [0.1, 0.15) is 0 Å². The van der Waals surface area contributed by atoms with Crippen LogP contribution in [0.1, 0.15) is 40.0 Å². The van der Waals surface area contributed by atoms with Gasteiger partial charge in [0.25, 0.3) is 5.91 Å². The third kappa shape index (κ3) is 2.74. The highest BCUT2D eigenvalue weighted by atomic mass is 16.5. The van der Waals surface area contributed by atoms with Gasteiger partial charge >= 0.3 is 0 Å². The van der Waals surface area contributed by atoms with Gasteiger partial charge < -0.3 is 14.6 Å². The second kappa shape index (κ2) is 5.88. The lowest BCUT2D eigenvalue weighted by Crippen LogP contribution is -2.24. The van der Waals surface area contributed by atoms with Crippen molar-refractivity contribution in [1.29, 1.82) is 0 Å². The molecule has 0 bridgehead atoms. The highest BCUT2D eigenvalue weighted by molar-refractivity contribution is 5.95. The lowest BCUT2D eigenvalue weighted by atomic mass is 10.2. The molecule has 0 aromatic carbocycles. The first-order valence-electron chi connectivity index (χ1n) is 7.33. The number of carbonyl (C=O) groups excluding carboxylic acids is 1. The Morgan fingerprint density at radius 2 is 2.32 bits per heavy atom. The van der Waals surface area contributed by atoms with Crippen molar-refractivity contribution in [2.45, 2.75) is 32.9 Å². The van der Waals surface area contributed by atoms with Gasteiger partial charge in [-0.1, -0.05) is 0 Å². The van der Waals surface area contributed by atoms with Gasteiger partial charge in [-0.3, -0.25) is 4.79 Å². The van der Waals surface area contributed by atoms with E-state index in [0.717, 1.165) is 24.4 Å². The number of amides is 1. The third-order valence-electron chi connectivity index (χ3n) is 3.96. The van der Waals surface area contributed by atoms with Crippen molar-refractivity contribution in [2.24, 2.45) is 7.05 Å². The number of carbonyl (C=O) groups is 1. The fraction of sp³-hybridized carbons (Fsp3) is 0.571. The molecule has 0 aliphatic carbocycles. The third-order valence-corrected chi connectivity index (χ3v) is 3.96. The number of tetrazole rings is 1. The largest absolute Gasteiger partial charge is 0.379 e. The molecule has 3 rings (SSSR count). The maximum absolute atomic E-state index is 12.4. The number of aryl methyl sites for hydroxylation is 2. The summed E-state index contributed by atoms with van der Waals surface area (Å²) in [5.74, 6) is 0.375. The van der Waals surface area contributed by atoms with Crippen LogP contribution in [0, 0.1) is 13.8 Å². The first-order valence-corrected chi connectivity index (χ1v) is 7.33. The van der Waals surface area contributed by atoms with E-state index in [-0.39, 0.29) is 12.5 Å². The first kappa shape index (κ1) is 14.7. The van der Waals surface area contributed by atoms with E-state index >= 15 is 0 Å². The molecule has 2 aromatic heterocycles. The minimum Gasteiger partial charge on any atom is -0.379 e. The molecule has 2 aromatic rings. The summed E-state index contributed by atoms with van der Waals surface area (Å²) in [6.45, 7) is 5.75. The van der Waals surface area contributed by atoms with E-state index in [1.54, 1.807) is 7.05 Å². The van der Waals surface area contributed by atoms with Gasteiger partial charge in [0.2, 0.25) is 0 Å². The molecule has 1 aliphatic rings. The smallest absolute Gasteiger partial charge is 0.253 e. The van der Waals surface area contributed by atoms with Crippen LogP contribution in [0.4, 0.5) is 0 Å². The molecular formula is C14H20N6O2. The lowest BCUT2D eigenvalue weighted by molar-refractivity contribution is 0.0949. The van der Waals surface area contributed by atoms with Crippen molar-refractivity contribution in [3.8, 4) is 0 Å². The first-order chi connectivity index (χ1) is 10.6. The molecule has 22 heavy (non-hydrogen) atoms. The predicted molar refractivity (Wildman–Crippen MR) is 78.3 cm³/mol. The monoisotopic (exact) mass is 304 g/mol. The fourth-order valence-corrected chi connectivity index (χ4v) is 2.94. The summed E-state index contributed by atoms with van der Waals surface area (Å²) >= 11 is 0. The number of aromatic nitrogens is 5. The molecule has 8 heteroatoms. The Kier molecular flexibility index (Phi) is 3.93. The second-order valence-corrected chi connectivity index (χ2v) is 5.55. The maximum Gasteiger partial charge on any atom is 0.253 e. The normalized spacial score (nSPS) is 17.9. The van der Waals surface area contributed by atoms with Gasteiger partial charge in [0.15, 0.2) is 5.82 Å². The summed E-state index contributed by atoms with van der Waals surface area (Å²) in [5, 5.41) is 14.5. The molecule has 1 N–H and O–H groups in total. The number of ether oxygens (including phenoxy) is 1. The predicted octanol–water partition coefficient (Wildman–Crippen LogP) is 0.520. The highest BCUT2D eigenvalue weighted by Gasteiger charge is 2.24. The number of nitrogens with zero attached hydrogens (tertiary/aromatic N) is 5. The van der Waals surface area contributed by atoms with Crippen LogP contribution in [0.15, 0.2) is 6.07 Å². The zero-order chi connectivity index (χ0) is 15.7. The fourth-order valence-electron chi connectivity index (χ4n) is 2.94. The van der Waals surface area contributed by atoms with Gasteiger partial charge in [-0.15, -0.1) is 10.2 Å². The van der Waals surface area contributed by atoms with E-state index in [1.165, 1.54) is 4.80 Å². The summed E-state index contributed by atoms with van der Waals surface area (Å²) < 4.78 is 7.65. The molecular weight excluding hydrogens is 284 g/mol. The Labute approximate surface area is 128 Å². The van der Waals surface area contributed by atoms with E-state index in [0.29, 0.717) is 24.0 Å². The summed E-state index contributed by atoms with van der Waals surface area (Å²) in [7, 11) is 1.69. The van der Waals surface area contributed by atoms with E-state index in [9.17, 15) is 4.79 Å². The quantitative estimate of drug-likeness (QED) is 0.890. The zero-order valence-electron chi connectivity index (χ0n) is 13.0. The van der Waals surface area contributed by atoms with Crippen LogP contribution in [-0.4, -0.2) is 43.9 Å². The molecule has 1 saturated heterocycles. The second-order valence-electron chi connectivity index (χ2n) is 5.55. The molecule has 0 saturated carbocycles. The number of hydrogen-bond donors (Lipinski definition) is 1. The van der Waals surface area contributed by atoms with Crippen molar-refractivity contribution in [3.63, 3.8) is 0 Å². The highest BCUT2D eigenvalue weighted by Crippen LogP contribution is 2.26. The van der Waals surface area contributed by atoms with Gasteiger partial charge in [0, 0.05) is 18.0 Å². The summed E-state index contributed by atoms with van der Waals surface area (Å²) in [6.07, 6.45) is 0.987. The van der Waals surface area contributed by atoms with Gasteiger partial charge in [0.05, 0.1) is 31.8 Å². The standard InChI is InChI=1S/C14H20N6O2/c1-9-6-12(10(2)20(9)11-4-5-22-8-11)14(21)15-7-13-16-18-19(3)17-13/h6,11H,4-5,7-8H2,1-3H3,(H,15,21). The number of nitrogens with one attached hydrogen (secondary N) is 1. The van der Waals surface area contributed by atoms with Crippen LogP contribution in [-0.2, 0) is 18.3 Å². The van der Waals surface area contributed by atoms with Crippen molar-refractivity contribution < 1.29 is 9.53 Å². The molecule has 1 amide bonds. The van der Waals surface area contributed by atoms with Gasteiger partial charge in [-0.05, 0) is 31.5 Å². The van der Waals surface area contributed by atoms with Crippen LogP contribution >= 0.6 is 0 Å². The number of rotatable bonds is 4. The van der Waals surface area contributed by atoms with Crippen molar-refractivity contribution >= 4 is 5.91 Å². The van der Waals surface area contributed by atoms with Crippen LogP contribution < -0.4 is 5.32 Å². The number of hydrogen-bond acceptors (Lipinski definition) is 5. The van der Waals surface area contributed by atoms with E-state index in [1.807, 2.05) is 19.9 Å². The van der Waals surface area contributed by atoms with E-state index < -0.39 is 0 Å². The van der Waals surface area contributed by atoms with Crippen LogP contribution in [0.25, 0.3) is 0 Å². The maximum atomic E-state index is 12.4. The van der Waals surface area contributed by atoms with Crippen molar-refractivity contribution in [1.82, 2.24) is 30.1 Å². The molecule has 1 aliphatic heterocycles. The Bertz CT molecular complexity index is 684. The minimum atomic E-state index is -0.120. The molecule has 3 heterocycles. The van der Waals surface area contributed by atoms with Crippen molar-refractivity contribution in [2.75, 3.05) is 13.2 Å². The SMILES string of the molecule is Cc1cc(C(=O)NCc2nnn(C)n2)c(C)n1C1CCOC1.